The molecule has 0 saturated heterocycles. The second-order valence-electron chi connectivity index (χ2n) is 4.50. The molecule has 0 spiro atoms. The molecule has 1 aliphatic rings. The second-order valence-corrected chi connectivity index (χ2v) is 5.31. The van der Waals surface area contributed by atoms with Gasteiger partial charge in [-0.2, -0.15) is 0 Å². The van der Waals surface area contributed by atoms with E-state index in [4.69, 9.17) is 15.2 Å². The van der Waals surface area contributed by atoms with E-state index < -0.39 is 0 Å². The van der Waals surface area contributed by atoms with Crippen LogP contribution in [0.1, 0.15) is 25.0 Å². The van der Waals surface area contributed by atoms with E-state index in [1.807, 2.05) is 30.4 Å². The number of nitrogen functional groups attached to an aromatic ring is 1. The van der Waals surface area contributed by atoms with Gasteiger partial charge in [-0.25, -0.2) is 9.97 Å². The van der Waals surface area contributed by atoms with Crippen LogP contribution in [0.15, 0.2) is 46.5 Å². The number of nitrogens with two attached hydrogens (primary N) is 1. The van der Waals surface area contributed by atoms with Gasteiger partial charge >= 0.3 is 0 Å². The van der Waals surface area contributed by atoms with Crippen molar-refractivity contribution in [3.8, 4) is 0 Å². The summed E-state index contributed by atoms with van der Waals surface area (Å²) in [4.78, 5) is 8.33. The van der Waals surface area contributed by atoms with Crippen LogP contribution in [0.5, 0.6) is 0 Å². The van der Waals surface area contributed by atoms with Crippen LogP contribution in [-0.2, 0) is 9.47 Å². The SMILES string of the molecule is CCCOC1=CC(c2cc(Br)nc(N)n2)C(OC)=CC=C1. The van der Waals surface area contributed by atoms with Crippen LogP contribution < -0.4 is 5.73 Å². The summed E-state index contributed by atoms with van der Waals surface area (Å²) < 4.78 is 11.8. The first-order chi connectivity index (χ1) is 10.1. The van der Waals surface area contributed by atoms with Crippen LogP contribution in [0, 0.1) is 0 Å². The number of halogens is 1. The summed E-state index contributed by atoms with van der Waals surface area (Å²) in [7, 11) is 1.64. The summed E-state index contributed by atoms with van der Waals surface area (Å²) in [5.41, 5.74) is 6.48. The largest absolute Gasteiger partial charge is 0.500 e. The van der Waals surface area contributed by atoms with Gasteiger partial charge in [-0.15, -0.1) is 0 Å². The smallest absolute Gasteiger partial charge is 0.221 e. The number of rotatable bonds is 5. The van der Waals surface area contributed by atoms with Gasteiger partial charge in [-0.05, 0) is 46.6 Å². The van der Waals surface area contributed by atoms with E-state index in [1.165, 1.54) is 0 Å². The van der Waals surface area contributed by atoms with Crippen LogP contribution >= 0.6 is 15.9 Å². The lowest BCUT2D eigenvalue weighted by Crippen LogP contribution is -2.08. The van der Waals surface area contributed by atoms with Crippen molar-refractivity contribution >= 4 is 21.9 Å². The minimum absolute atomic E-state index is 0.168. The van der Waals surface area contributed by atoms with Gasteiger partial charge in [0.15, 0.2) is 0 Å². The molecular formula is C15H18BrN3O2. The molecular weight excluding hydrogens is 334 g/mol. The van der Waals surface area contributed by atoms with Crippen molar-refractivity contribution in [3.05, 3.63) is 52.2 Å². The fourth-order valence-corrected chi connectivity index (χ4v) is 2.41. The highest BCUT2D eigenvalue weighted by Gasteiger charge is 2.20. The Labute approximate surface area is 132 Å². The maximum atomic E-state index is 5.73. The minimum atomic E-state index is -0.168. The van der Waals surface area contributed by atoms with E-state index in [1.54, 1.807) is 7.11 Å². The van der Waals surface area contributed by atoms with Crippen molar-refractivity contribution in [1.82, 2.24) is 9.97 Å². The van der Waals surface area contributed by atoms with Gasteiger partial charge in [0.1, 0.15) is 16.1 Å². The zero-order chi connectivity index (χ0) is 15.2. The molecule has 1 unspecified atom stereocenters. The Hall–Kier alpha value is -1.82. The molecule has 1 heterocycles. The zero-order valence-electron chi connectivity index (χ0n) is 12.0. The predicted octanol–water partition coefficient (Wildman–Crippen LogP) is 3.32. The lowest BCUT2D eigenvalue weighted by Gasteiger charge is -2.16. The standard InChI is InChI=1S/C15H18BrN3O2/c1-3-7-21-10-5-4-6-13(20-2)11(8-10)12-9-14(16)19-15(17)18-12/h4-6,8-9,11H,3,7H2,1-2H3,(H2,17,18,19). The van der Waals surface area contributed by atoms with E-state index in [9.17, 15) is 0 Å². The number of hydrogen-bond acceptors (Lipinski definition) is 5. The average molecular weight is 352 g/mol. The molecule has 6 heteroatoms. The molecule has 1 aromatic heterocycles. The third-order valence-electron chi connectivity index (χ3n) is 2.92. The maximum absolute atomic E-state index is 5.73. The van der Waals surface area contributed by atoms with Gasteiger partial charge in [-0.1, -0.05) is 13.0 Å². The molecule has 0 radical (unpaired) electrons. The lowest BCUT2D eigenvalue weighted by atomic mass is 10.0. The Kier molecular flexibility index (Phi) is 5.38. The van der Waals surface area contributed by atoms with Crippen LogP contribution in [0.2, 0.25) is 0 Å². The molecule has 1 aliphatic carbocycles. The Morgan fingerprint density at radius 2 is 2.19 bits per heavy atom. The first kappa shape index (κ1) is 15.6. The highest BCUT2D eigenvalue weighted by Crippen LogP contribution is 2.30. The molecule has 5 nitrogen and oxygen atoms in total. The number of ether oxygens (including phenoxy) is 2. The Morgan fingerprint density at radius 3 is 2.86 bits per heavy atom. The monoisotopic (exact) mass is 351 g/mol. The van der Waals surface area contributed by atoms with Gasteiger partial charge in [0.2, 0.25) is 5.95 Å². The van der Waals surface area contributed by atoms with Gasteiger partial charge in [0.05, 0.1) is 25.3 Å². The third-order valence-corrected chi connectivity index (χ3v) is 3.32. The molecule has 2 rings (SSSR count). The Bertz CT molecular complexity index is 576. The molecule has 0 fully saturated rings. The normalized spacial score (nSPS) is 17.8. The van der Waals surface area contributed by atoms with E-state index in [0.29, 0.717) is 11.2 Å². The summed E-state index contributed by atoms with van der Waals surface area (Å²) in [6, 6.07) is 1.83. The highest BCUT2D eigenvalue weighted by atomic mass is 79.9. The molecule has 0 amide bonds. The number of allylic oxidation sites excluding steroid dienone is 4. The van der Waals surface area contributed by atoms with Crippen molar-refractivity contribution in [2.45, 2.75) is 19.3 Å². The van der Waals surface area contributed by atoms with Crippen molar-refractivity contribution in [2.24, 2.45) is 0 Å². The predicted molar refractivity (Wildman–Crippen MR) is 85.4 cm³/mol. The summed E-state index contributed by atoms with van der Waals surface area (Å²) in [5, 5.41) is 0. The first-order valence-electron chi connectivity index (χ1n) is 6.71. The van der Waals surface area contributed by atoms with Gasteiger partial charge in [0.25, 0.3) is 0 Å². The van der Waals surface area contributed by atoms with Crippen LogP contribution in [0.3, 0.4) is 0 Å². The van der Waals surface area contributed by atoms with E-state index in [0.717, 1.165) is 23.6 Å². The molecule has 2 N–H and O–H groups in total. The van der Waals surface area contributed by atoms with Crippen LogP contribution in [-0.4, -0.2) is 23.7 Å². The number of anilines is 1. The van der Waals surface area contributed by atoms with E-state index >= 15 is 0 Å². The fraction of sp³-hybridized carbons (Fsp3) is 0.333. The lowest BCUT2D eigenvalue weighted by molar-refractivity contribution is 0.221. The molecule has 1 aromatic rings. The van der Waals surface area contributed by atoms with Crippen LogP contribution in [0.25, 0.3) is 0 Å². The summed E-state index contributed by atoms with van der Waals surface area (Å²) in [6.07, 6.45) is 8.64. The maximum Gasteiger partial charge on any atom is 0.221 e. The highest BCUT2D eigenvalue weighted by molar-refractivity contribution is 9.10. The molecule has 0 saturated carbocycles. The Balaban J connectivity index is 2.39. The molecule has 112 valence electrons. The summed E-state index contributed by atoms with van der Waals surface area (Å²) in [6.45, 7) is 2.74. The number of nitrogens with zero attached hydrogens (tertiary/aromatic N) is 2. The molecule has 1 atom stereocenters. The number of aromatic nitrogens is 2. The van der Waals surface area contributed by atoms with E-state index in [2.05, 4.69) is 32.8 Å². The molecule has 0 aliphatic heterocycles. The minimum Gasteiger partial charge on any atom is -0.500 e. The van der Waals surface area contributed by atoms with Crippen molar-refractivity contribution in [1.29, 1.82) is 0 Å². The molecule has 21 heavy (non-hydrogen) atoms. The first-order valence-corrected chi connectivity index (χ1v) is 7.50. The second kappa shape index (κ2) is 7.26. The Morgan fingerprint density at radius 1 is 1.38 bits per heavy atom. The van der Waals surface area contributed by atoms with Crippen molar-refractivity contribution in [2.75, 3.05) is 19.5 Å². The number of hydrogen-bond donors (Lipinski definition) is 1. The van der Waals surface area contributed by atoms with Crippen molar-refractivity contribution < 1.29 is 9.47 Å². The molecule has 0 bridgehead atoms. The average Bonchev–Trinajstić information content (AvgIpc) is 2.66. The fourth-order valence-electron chi connectivity index (χ4n) is 2.00. The topological polar surface area (TPSA) is 70.3 Å². The van der Waals surface area contributed by atoms with Gasteiger partial charge in [0, 0.05) is 0 Å². The summed E-state index contributed by atoms with van der Waals surface area (Å²) >= 11 is 3.34. The van der Waals surface area contributed by atoms with Gasteiger partial charge < -0.3 is 15.2 Å². The molecule has 0 aromatic carbocycles. The third kappa shape index (κ3) is 4.07. The van der Waals surface area contributed by atoms with Crippen molar-refractivity contribution in [3.63, 3.8) is 0 Å². The van der Waals surface area contributed by atoms with E-state index in [-0.39, 0.29) is 11.9 Å². The quantitative estimate of drug-likeness (QED) is 0.824. The van der Waals surface area contributed by atoms with Gasteiger partial charge in [-0.3, -0.25) is 0 Å². The number of methoxy groups -OCH3 is 1. The zero-order valence-corrected chi connectivity index (χ0v) is 13.6. The van der Waals surface area contributed by atoms with Crippen LogP contribution in [0.4, 0.5) is 5.95 Å². The summed E-state index contributed by atoms with van der Waals surface area (Å²) in [5.74, 6) is 1.61.